The van der Waals surface area contributed by atoms with Gasteiger partial charge in [0.15, 0.2) is 11.5 Å². The van der Waals surface area contributed by atoms with E-state index in [0.29, 0.717) is 34.7 Å². The number of methoxy groups -OCH3 is 1. The number of anilines is 2. The number of benzene rings is 3. The lowest BCUT2D eigenvalue weighted by atomic mass is 10.1. The van der Waals surface area contributed by atoms with Crippen LogP contribution in [0.3, 0.4) is 0 Å². The third-order valence-corrected chi connectivity index (χ3v) is 6.35. The predicted molar refractivity (Wildman–Crippen MR) is 139 cm³/mol. The summed E-state index contributed by atoms with van der Waals surface area (Å²) in [7, 11) is 1.61. The second-order valence-corrected chi connectivity index (χ2v) is 9.38. The number of rotatable bonds is 9. The van der Waals surface area contributed by atoms with Gasteiger partial charge in [0, 0.05) is 28.3 Å². The van der Waals surface area contributed by atoms with Crippen LogP contribution in [0, 0.1) is 5.92 Å². The lowest BCUT2D eigenvalue weighted by molar-refractivity contribution is -0.118. The number of amides is 1. The summed E-state index contributed by atoms with van der Waals surface area (Å²) in [6, 6.07) is 16.8. The zero-order chi connectivity index (χ0) is 24.0. The summed E-state index contributed by atoms with van der Waals surface area (Å²) in [4.78, 5) is 11.8. The highest BCUT2D eigenvalue weighted by molar-refractivity contribution is 9.10. The Morgan fingerprint density at radius 1 is 0.970 bits per heavy atom. The molecule has 0 radical (unpaired) electrons. The molecule has 0 atom stereocenters. The van der Waals surface area contributed by atoms with Gasteiger partial charge in [0.05, 0.1) is 17.2 Å². The molecule has 0 aliphatic heterocycles. The van der Waals surface area contributed by atoms with Crippen LogP contribution in [-0.2, 0) is 17.9 Å². The fraction of sp³-hybridized carbons (Fsp3) is 0.240. The first kappa shape index (κ1) is 25.2. The van der Waals surface area contributed by atoms with Crippen molar-refractivity contribution in [1.82, 2.24) is 0 Å². The van der Waals surface area contributed by atoms with Crippen molar-refractivity contribution in [3.63, 3.8) is 0 Å². The van der Waals surface area contributed by atoms with Crippen LogP contribution in [0.15, 0.2) is 59.1 Å². The molecule has 3 aromatic carbocycles. The van der Waals surface area contributed by atoms with E-state index in [9.17, 15) is 4.79 Å². The number of halogens is 3. The average Bonchev–Trinajstić information content (AvgIpc) is 2.80. The van der Waals surface area contributed by atoms with Crippen LogP contribution in [0.1, 0.15) is 25.0 Å². The first-order valence-corrected chi connectivity index (χ1v) is 11.9. The van der Waals surface area contributed by atoms with E-state index in [-0.39, 0.29) is 11.8 Å². The number of hydrogen-bond acceptors (Lipinski definition) is 4. The highest BCUT2D eigenvalue weighted by Crippen LogP contribution is 2.35. The second-order valence-electron chi connectivity index (χ2n) is 7.71. The molecule has 174 valence electrons. The molecule has 0 aliphatic rings. The molecule has 0 saturated carbocycles. The molecule has 0 spiro atoms. The van der Waals surface area contributed by atoms with Gasteiger partial charge >= 0.3 is 0 Å². The highest BCUT2D eigenvalue weighted by atomic mass is 79.9. The minimum absolute atomic E-state index is 0.00629. The highest BCUT2D eigenvalue weighted by Gasteiger charge is 2.12. The Hall–Kier alpha value is -2.41. The van der Waals surface area contributed by atoms with Gasteiger partial charge in [-0.3, -0.25) is 4.79 Å². The van der Waals surface area contributed by atoms with Crippen LogP contribution in [0.5, 0.6) is 11.5 Å². The molecule has 8 heteroatoms. The second kappa shape index (κ2) is 11.6. The van der Waals surface area contributed by atoms with Crippen LogP contribution >= 0.6 is 39.1 Å². The molecule has 33 heavy (non-hydrogen) atoms. The van der Waals surface area contributed by atoms with Gasteiger partial charge in [0.2, 0.25) is 5.91 Å². The molecule has 0 saturated heterocycles. The standard InChI is InChI=1S/C25H25BrCl2N2O3/c1-15(2)25(31)30-19-7-5-18(6-8-19)29-13-17-11-23(32-3)24(12-20(17)26)33-14-16-4-9-21(27)22(28)10-16/h4-12,15,29H,13-14H2,1-3H3,(H,30,31). The largest absolute Gasteiger partial charge is 0.493 e. The molecule has 0 aromatic heterocycles. The van der Waals surface area contributed by atoms with Gasteiger partial charge in [0.1, 0.15) is 6.61 Å². The van der Waals surface area contributed by atoms with Crippen LogP contribution < -0.4 is 20.1 Å². The van der Waals surface area contributed by atoms with Gasteiger partial charge < -0.3 is 20.1 Å². The van der Waals surface area contributed by atoms with E-state index in [1.165, 1.54) is 0 Å². The summed E-state index contributed by atoms with van der Waals surface area (Å²) in [5.41, 5.74) is 3.61. The van der Waals surface area contributed by atoms with Crippen molar-refractivity contribution in [3.8, 4) is 11.5 Å². The molecule has 0 bridgehead atoms. The van der Waals surface area contributed by atoms with Gasteiger partial charge in [-0.05, 0) is 59.7 Å². The summed E-state index contributed by atoms with van der Waals surface area (Å²) >= 11 is 15.7. The monoisotopic (exact) mass is 550 g/mol. The lowest BCUT2D eigenvalue weighted by Crippen LogP contribution is -2.17. The van der Waals surface area contributed by atoms with E-state index in [4.69, 9.17) is 32.7 Å². The molecule has 3 aromatic rings. The number of carbonyl (C=O) groups excluding carboxylic acids is 1. The molecule has 0 fully saturated rings. The maximum Gasteiger partial charge on any atom is 0.226 e. The Balaban J connectivity index is 1.64. The Labute approximate surface area is 212 Å². The van der Waals surface area contributed by atoms with E-state index in [0.717, 1.165) is 27.0 Å². The third kappa shape index (κ3) is 7.03. The smallest absolute Gasteiger partial charge is 0.226 e. The van der Waals surface area contributed by atoms with E-state index in [1.54, 1.807) is 19.2 Å². The SMILES string of the molecule is COc1cc(CNc2ccc(NC(=O)C(C)C)cc2)c(Br)cc1OCc1ccc(Cl)c(Cl)c1. The lowest BCUT2D eigenvalue weighted by Gasteiger charge is -2.15. The van der Waals surface area contributed by atoms with Crippen molar-refractivity contribution in [2.45, 2.75) is 27.0 Å². The summed E-state index contributed by atoms with van der Waals surface area (Å²) < 4.78 is 12.4. The predicted octanol–water partition coefficient (Wildman–Crippen LogP) is 7.55. The zero-order valence-corrected chi connectivity index (χ0v) is 21.6. The van der Waals surface area contributed by atoms with Crippen LogP contribution in [0.4, 0.5) is 11.4 Å². The van der Waals surface area contributed by atoms with Gasteiger partial charge in [-0.2, -0.15) is 0 Å². The number of hydrogen-bond donors (Lipinski definition) is 2. The molecule has 5 nitrogen and oxygen atoms in total. The molecule has 2 N–H and O–H groups in total. The summed E-state index contributed by atoms with van der Waals surface area (Å²) in [5.74, 6) is 1.17. The fourth-order valence-corrected chi connectivity index (χ4v) is 3.71. The summed E-state index contributed by atoms with van der Waals surface area (Å²) in [6.07, 6.45) is 0. The average molecular weight is 552 g/mol. The quantitative estimate of drug-likeness (QED) is 0.288. The number of ether oxygens (including phenoxy) is 2. The van der Waals surface area contributed by atoms with Crippen molar-refractivity contribution in [1.29, 1.82) is 0 Å². The van der Waals surface area contributed by atoms with Crippen molar-refractivity contribution in [3.05, 3.63) is 80.2 Å². The summed E-state index contributed by atoms with van der Waals surface area (Å²) in [6.45, 7) is 4.63. The molecule has 1 amide bonds. The van der Waals surface area contributed by atoms with Crippen molar-refractivity contribution >= 4 is 56.4 Å². The third-order valence-electron chi connectivity index (χ3n) is 4.87. The van der Waals surface area contributed by atoms with Gasteiger partial charge in [-0.15, -0.1) is 0 Å². The molecule has 0 unspecified atom stereocenters. The van der Waals surface area contributed by atoms with Gasteiger partial charge in [-0.25, -0.2) is 0 Å². The molecule has 0 heterocycles. The summed E-state index contributed by atoms with van der Waals surface area (Å²) in [5, 5.41) is 7.26. The Bertz CT molecular complexity index is 1120. The van der Waals surface area contributed by atoms with E-state index in [1.807, 2.05) is 56.3 Å². The van der Waals surface area contributed by atoms with Gasteiger partial charge in [0.25, 0.3) is 0 Å². The molecule has 0 aliphatic carbocycles. The molecular formula is C25H25BrCl2N2O3. The number of carbonyl (C=O) groups is 1. The van der Waals surface area contributed by atoms with Gasteiger partial charge in [-0.1, -0.05) is 59.0 Å². The first-order chi connectivity index (χ1) is 15.8. The maximum atomic E-state index is 11.8. The zero-order valence-electron chi connectivity index (χ0n) is 18.5. The topological polar surface area (TPSA) is 59.6 Å². The van der Waals surface area contributed by atoms with E-state index < -0.39 is 0 Å². The van der Waals surface area contributed by atoms with Crippen molar-refractivity contribution < 1.29 is 14.3 Å². The Kier molecular flexibility index (Phi) is 8.89. The van der Waals surface area contributed by atoms with Crippen molar-refractivity contribution in [2.75, 3.05) is 17.7 Å². The van der Waals surface area contributed by atoms with Crippen molar-refractivity contribution in [2.24, 2.45) is 5.92 Å². The minimum atomic E-state index is -0.0638. The normalized spacial score (nSPS) is 10.8. The number of nitrogens with one attached hydrogen (secondary N) is 2. The molecule has 3 rings (SSSR count). The minimum Gasteiger partial charge on any atom is -0.493 e. The Morgan fingerprint density at radius 3 is 2.30 bits per heavy atom. The van der Waals surface area contributed by atoms with E-state index in [2.05, 4.69) is 26.6 Å². The van der Waals surface area contributed by atoms with E-state index >= 15 is 0 Å². The fourth-order valence-electron chi connectivity index (χ4n) is 2.93. The van der Waals surface area contributed by atoms with Crippen LogP contribution in [-0.4, -0.2) is 13.0 Å². The maximum absolute atomic E-state index is 11.8. The van der Waals surface area contributed by atoms with Crippen LogP contribution in [0.2, 0.25) is 10.0 Å². The first-order valence-electron chi connectivity index (χ1n) is 10.3. The van der Waals surface area contributed by atoms with Crippen LogP contribution in [0.25, 0.3) is 0 Å². The Morgan fingerprint density at radius 2 is 1.67 bits per heavy atom. The molecular weight excluding hydrogens is 527 g/mol.